The molecule has 2 amide bonds. The first-order valence-corrected chi connectivity index (χ1v) is 12.2. The molecule has 1 fully saturated rings. The van der Waals surface area contributed by atoms with Crippen molar-refractivity contribution in [3.8, 4) is 11.5 Å². The van der Waals surface area contributed by atoms with Gasteiger partial charge >= 0.3 is 11.0 Å². The molecule has 2 aliphatic heterocycles. The Labute approximate surface area is 204 Å². The number of halogens is 3. The van der Waals surface area contributed by atoms with E-state index >= 15 is 0 Å². The highest BCUT2D eigenvalue weighted by Crippen LogP contribution is 2.54. The van der Waals surface area contributed by atoms with Crippen molar-refractivity contribution < 1.29 is 32.6 Å². The summed E-state index contributed by atoms with van der Waals surface area (Å²) in [5.74, 6) is -2.97. The molecule has 3 heterocycles. The van der Waals surface area contributed by atoms with E-state index in [2.05, 4.69) is 4.98 Å². The molecule has 0 bridgehead atoms. The number of thiazole rings is 1. The molecule has 0 radical (unpaired) electrons. The second kappa shape index (κ2) is 8.45. The quantitative estimate of drug-likeness (QED) is 0.494. The molecule has 5 rings (SSSR count). The fraction of sp³-hybridized carbons (Fsp3) is 0.261. The molecule has 182 valence electrons. The van der Waals surface area contributed by atoms with Crippen LogP contribution in [0.25, 0.3) is 0 Å². The summed E-state index contributed by atoms with van der Waals surface area (Å²) in [7, 11) is 0. The molecule has 0 saturated carbocycles. The van der Waals surface area contributed by atoms with Gasteiger partial charge in [-0.25, -0.2) is 4.90 Å². The van der Waals surface area contributed by atoms with E-state index in [1.165, 1.54) is 12.1 Å². The second-order valence-electron chi connectivity index (χ2n) is 7.97. The Hall–Kier alpha value is -3.25. The Morgan fingerprint density at radius 2 is 1.89 bits per heavy atom. The summed E-state index contributed by atoms with van der Waals surface area (Å²) in [6.07, 6.45) is -4.64. The van der Waals surface area contributed by atoms with Gasteiger partial charge < -0.3 is 14.8 Å². The van der Waals surface area contributed by atoms with Crippen LogP contribution < -0.4 is 14.5 Å². The normalized spacial score (nSPS) is 21.7. The molecule has 0 spiro atoms. The van der Waals surface area contributed by atoms with Crippen LogP contribution >= 0.6 is 23.1 Å². The number of hydrogen-bond donors (Lipinski definition) is 2. The molecule has 2 aromatic carbocycles. The number of thioether (sulfide) groups is 1. The van der Waals surface area contributed by atoms with E-state index in [-0.39, 0.29) is 28.7 Å². The number of anilines is 1. The van der Waals surface area contributed by atoms with Crippen LogP contribution in [0.5, 0.6) is 11.5 Å². The van der Waals surface area contributed by atoms with Gasteiger partial charge in [0, 0.05) is 10.8 Å². The van der Waals surface area contributed by atoms with Crippen molar-refractivity contribution in [2.45, 2.75) is 29.3 Å². The number of amides is 2. The summed E-state index contributed by atoms with van der Waals surface area (Å²) in [4.78, 5) is 42.8. The van der Waals surface area contributed by atoms with Crippen molar-refractivity contribution in [2.24, 2.45) is 5.92 Å². The van der Waals surface area contributed by atoms with Gasteiger partial charge in [0.15, 0.2) is 11.5 Å². The van der Waals surface area contributed by atoms with Gasteiger partial charge in [-0.1, -0.05) is 35.2 Å². The minimum Gasteiger partial charge on any atom is -0.504 e. The number of phenolic OH excluding ortho intramolecular Hbond substituents is 1. The summed E-state index contributed by atoms with van der Waals surface area (Å²) in [5, 5.41) is 9.60. The zero-order chi connectivity index (χ0) is 25.1. The van der Waals surface area contributed by atoms with Gasteiger partial charge in [-0.05, 0) is 42.8 Å². The van der Waals surface area contributed by atoms with Crippen molar-refractivity contribution in [3.05, 3.63) is 68.1 Å². The molecule has 12 heteroatoms. The highest BCUT2D eigenvalue weighted by molar-refractivity contribution is 8.00. The Balaban J connectivity index is 1.63. The van der Waals surface area contributed by atoms with Crippen molar-refractivity contribution in [2.75, 3.05) is 11.5 Å². The largest absolute Gasteiger partial charge is 0.504 e. The van der Waals surface area contributed by atoms with Crippen molar-refractivity contribution >= 4 is 40.6 Å². The fourth-order valence-electron chi connectivity index (χ4n) is 4.45. The number of hydrogen-bond acceptors (Lipinski definition) is 7. The van der Waals surface area contributed by atoms with Gasteiger partial charge in [0.1, 0.15) is 5.25 Å². The first-order valence-electron chi connectivity index (χ1n) is 10.5. The standard InChI is InChI=1S/C23H17F3N2O5S2/c1-2-33-14-8-10(6-7-13(14)29)15-16-18(34-19-17(15)35-22(32)27-19)21(31)28(20(16)30)12-5-3-4-11(9-12)23(24,25)26/h3-9,15-16,18,29H,2H2,1H3,(H,27,32)/t15-,16-,18+/m0/s1. The topological polar surface area (TPSA) is 99.7 Å². The Morgan fingerprint density at radius 1 is 1.11 bits per heavy atom. The molecule has 1 saturated heterocycles. The predicted octanol–water partition coefficient (Wildman–Crippen LogP) is 4.36. The summed E-state index contributed by atoms with van der Waals surface area (Å²) in [6, 6.07) is 8.61. The number of nitrogens with zero attached hydrogens (tertiary/aromatic N) is 1. The number of carbonyl (C=O) groups is 2. The first-order chi connectivity index (χ1) is 16.6. The second-order valence-corrected chi connectivity index (χ2v) is 10.1. The zero-order valence-electron chi connectivity index (χ0n) is 18.0. The van der Waals surface area contributed by atoms with E-state index in [0.29, 0.717) is 15.5 Å². The number of phenols is 1. The third-order valence-corrected chi connectivity index (χ3v) is 8.30. The van der Waals surface area contributed by atoms with E-state index in [9.17, 15) is 32.7 Å². The third kappa shape index (κ3) is 3.90. The average Bonchev–Trinajstić information content (AvgIpc) is 3.29. The number of carbonyl (C=O) groups excluding carboxylic acids is 2. The van der Waals surface area contributed by atoms with Crippen LogP contribution in [0.3, 0.4) is 0 Å². The van der Waals surface area contributed by atoms with Gasteiger partial charge in [0.05, 0.1) is 28.8 Å². The van der Waals surface area contributed by atoms with E-state index in [1.807, 2.05) is 0 Å². The molecular weight excluding hydrogens is 505 g/mol. The lowest BCUT2D eigenvalue weighted by Gasteiger charge is -2.30. The molecule has 3 aromatic rings. The molecule has 1 aromatic heterocycles. The number of fused-ring (bicyclic) bond motifs is 2. The number of benzene rings is 2. The molecular formula is C23H17F3N2O5S2. The maximum absolute atomic E-state index is 13.6. The molecule has 2 N–H and O–H groups in total. The van der Waals surface area contributed by atoms with E-state index < -0.39 is 40.6 Å². The van der Waals surface area contributed by atoms with Crippen LogP contribution in [0, 0.1) is 5.92 Å². The smallest absolute Gasteiger partial charge is 0.416 e. The average molecular weight is 523 g/mol. The number of ether oxygens (including phenoxy) is 1. The van der Waals surface area contributed by atoms with Gasteiger partial charge in [-0.15, -0.1) is 0 Å². The number of aromatic amines is 1. The van der Waals surface area contributed by atoms with Crippen LogP contribution in [-0.4, -0.2) is 33.8 Å². The minimum absolute atomic E-state index is 0.112. The molecule has 0 aliphatic carbocycles. The van der Waals surface area contributed by atoms with Crippen LogP contribution in [-0.2, 0) is 15.8 Å². The van der Waals surface area contributed by atoms with Gasteiger partial charge in [-0.2, -0.15) is 13.2 Å². The maximum atomic E-state index is 13.6. The Morgan fingerprint density at radius 3 is 2.60 bits per heavy atom. The summed E-state index contributed by atoms with van der Waals surface area (Å²) in [6.45, 7) is 2.01. The Bertz CT molecular complexity index is 1400. The van der Waals surface area contributed by atoms with Crippen molar-refractivity contribution in [1.82, 2.24) is 4.98 Å². The number of aromatic hydroxyl groups is 1. The van der Waals surface area contributed by atoms with Crippen molar-refractivity contribution in [3.63, 3.8) is 0 Å². The van der Waals surface area contributed by atoms with Crippen LogP contribution in [0.15, 0.2) is 52.3 Å². The summed E-state index contributed by atoms with van der Waals surface area (Å²) < 4.78 is 45.3. The summed E-state index contributed by atoms with van der Waals surface area (Å²) >= 11 is 1.93. The molecule has 2 aliphatic rings. The first kappa shape index (κ1) is 23.5. The van der Waals surface area contributed by atoms with E-state index in [0.717, 1.165) is 46.2 Å². The van der Waals surface area contributed by atoms with Crippen LogP contribution in [0.4, 0.5) is 18.9 Å². The lowest BCUT2D eigenvalue weighted by molar-refractivity contribution is -0.137. The fourth-order valence-corrected chi connectivity index (χ4v) is 6.96. The minimum atomic E-state index is -4.64. The lowest BCUT2D eigenvalue weighted by Crippen LogP contribution is -2.32. The zero-order valence-corrected chi connectivity index (χ0v) is 19.6. The molecule has 7 nitrogen and oxygen atoms in total. The number of nitrogens with one attached hydrogen (secondary N) is 1. The molecule has 3 atom stereocenters. The predicted molar refractivity (Wildman–Crippen MR) is 123 cm³/mol. The number of imide groups is 1. The number of H-pyrrole nitrogens is 1. The van der Waals surface area contributed by atoms with Crippen LogP contribution in [0.1, 0.15) is 28.8 Å². The monoisotopic (exact) mass is 522 g/mol. The number of rotatable bonds is 4. The molecule has 35 heavy (non-hydrogen) atoms. The van der Waals surface area contributed by atoms with Gasteiger partial charge in [0.25, 0.3) is 0 Å². The van der Waals surface area contributed by atoms with E-state index in [4.69, 9.17) is 4.74 Å². The lowest BCUT2D eigenvalue weighted by atomic mass is 9.83. The number of aromatic nitrogens is 1. The van der Waals surface area contributed by atoms with Gasteiger partial charge in [-0.3, -0.25) is 14.4 Å². The van der Waals surface area contributed by atoms with E-state index in [1.54, 1.807) is 19.1 Å². The van der Waals surface area contributed by atoms with Crippen LogP contribution in [0.2, 0.25) is 0 Å². The third-order valence-electron chi connectivity index (χ3n) is 5.90. The highest BCUT2D eigenvalue weighted by atomic mass is 32.2. The maximum Gasteiger partial charge on any atom is 0.416 e. The van der Waals surface area contributed by atoms with Crippen molar-refractivity contribution in [1.29, 1.82) is 0 Å². The van der Waals surface area contributed by atoms with Gasteiger partial charge in [0.2, 0.25) is 11.8 Å². The molecule has 0 unspecified atom stereocenters. The number of alkyl halides is 3. The highest BCUT2D eigenvalue weighted by Gasteiger charge is 2.56. The summed E-state index contributed by atoms with van der Waals surface area (Å²) in [5.41, 5.74) is -0.607. The Kier molecular flexibility index (Phi) is 5.67. The SMILES string of the molecule is CCOc1cc([C@@H]2c3sc(=O)[nH]c3S[C@H]3C(=O)N(c4cccc(C(F)(F)F)c4)C(=O)[C@@H]23)ccc1O.